The van der Waals surface area contributed by atoms with Gasteiger partial charge in [0, 0.05) is 14.5 Å². The summed E-state index contributed by atoms with van der Waals surface area (Å²) in [5, 5.41) is 3.50. The lowest BCUT2D eigenvalue weighted by molar-refractivity contribution is 0.546. The smallest absolute Gasteiger partial charge is 0.148 e. The van der Waals surface area contributed by atoms with E-state index in [0.717, 1.165) is 23.0 Å². The molecule has 2 aromatic carbocycles. The van der Waals surface area contributed by atoms with Crippen molar-refractivity contribution in [3.8, 4) is 0 Å². The van der Waals surface area contributed by atoms with Crippen molar-refractivity contribution in [2.45, 2.75) is 19.4 Å². The van der Waals surface area contributed by atoms with E-state index in [1.54, 1.807) is 12.1 Å². The molecular weight excluding hydrogens is 420 g/mol. The van der Waals surface area contributed by atoms with Gasteiger partial charge in [-0.3, -0.25) is 0 Å². The van der Waals surface area contributed by atoms with Crippen molar-refractivity contribution in [1.29, 1.82) is 0 Å². The van der Waals surface area contributed by atoms with E-state index >= 15 is 0 Å². The molecule has 21 heavy (non-hydrogen) atoms. The largest absolute Gasteiger partial charge is 0.306 e. The molecule has 0 saturated carbocycles. The Kier molecular flexibility index (Phi) is 6.23. The maximum absolute atomic E-state index is 14.5. The first kappa shape index (κ1) is 16.9. The zero-order valence-electron chi connectivity index (χ0n) is 11.5. The van der Waals surface area contributed by atoms with Crippen molar-refractivity contribution in [2.75, 3.05) is 6.54 Å². The molecule has 112 valence electrons. The fraction of sp³-hybridized carbons (Fsp3) is 0.250. The minimum Gasteiger partial charge on any atom is -0.306 e. The molecule has 5 heteroatoms. The molecule has 1 atom stereocenters. The Bertz CT molecular complexity index is 634. The number of hydrogen-bond donors (Lipinski definition) is 1. The predicted molar refractivity (Wildman–Crippen MR) is 93.4 cm³/mol. The van der Waals surface area contributed by atoms with Gasteiger partial charge in [-0.2, -0.15) is 0 Å². The summed E-state index contributed by atoms with van der Waals surface area (Å²) in [6, 6.07) is 11.2. The zero-order valence-corrected chi connectivity index (χ0v) is 15.4. The van der Waals surface area contributed by atoms with Gasteiger partial charge in [0.25, 0.3) is 0 Å². The summed E-state index contributed by atoms with van der Waals surface area (Å²) < 4.78 is 16.0. The van der Waals surface area contributed by atoms with Crippen molar-refractivity contribution < 1.29 is 4.39 Å². The number of benzene rings is 2. The van der Waals surface area contributed by atoms with Crippen LogP contribution < -0.4 is 5.32 Å². The fourth-order valence-electron chi connectivity index (χ4n) is 2.15. The van der Waals surface area contributed by atoms with Gasteiger partial charge in [0.15, 0.2) is 0 Å². The lowest BCUT2D eigenvalue weighted by Crippen LogP contribution is -2.24. The van der Waals surface area contributed by atoms with Crippen LogP contribution in [-0.4, -0.2) is 6.54 Å². The highest BCUT2D eigenvalue weighted by atomic mass is 79.9. The third-order valence-corrected chi connectivity index (χ3v) is 4.91. The van der Waals surface area contributed by atoms with Crippen LogP contribution in [0.4, 0.5) is 4.39 Å². The summed E-state index contributed by atoms with van der Waals surface area (Å²) in [5.41, 5.74) is 1.55. The number of rotatable bonds is 5. The van der Waals surface area contributed by atoms with Crippen LogP contribution in [0.15, 0.2) is 45.3 Å². The fourth-order valence-corrected chi connectivity index (χ4v) is 3.04. The maximum atomic E-state index is 14.5. The average Bonchev–Trinajstić information content (AvgIpc) is 2.47. The summed E-state index contributed by atoms with van der Waals surface area (Å²) in [7, 11) is 0. The summed E-state index contributed by atoms with van der Waals surface area (Å²) in [6.45, 7) is 2.88. The summed E-state index contributed by atoms with van der Waals surface area (Å²) in [5.74, 6) is -0.389. The van der Waals surface area contributed by atoms with E-state index < -0.39 is 0 Å². The van der Waals surface area contributed by atoms with E-state index in [0.29, 0.717) is 10.0 Å². The normalized spacial score (nSPS) is 12.4. The Hall–Kier alpha value is -0.420. The van der Waals surface area contributed by atoms with E-state index in [9.17, 15) is 4.39 Å². The number of nitrogens with one attached hydrogen (secondary N) is 1. The van der Waals surface area contributed by atoms with Crippen LogP contribution in [0.2, 0.25) is 5.02 Å². The number of hydrogen-bond acceptors (Lipinski definition) is 1. The molecule has 0 amide bonds. The molecule has 1 nitrogen and oxygen atoms in total. The molecule has 0 aliphatic rings. The molecular formula is C16H15Br2ClFN. The van der Waals surface area contributed by atoms with Crippen LogP contribution >= 0.6 is 43.5 Å². The van der Waals surface area contributed by atoms with Crippen molar-refractivity contribution in [1.82, 2.24) is 5.32 Å². The molecule has 2 rings (SSSR count). The first-order valence-electron chi connectivity index (χ1n) is 6.66. The number of halogens is 4. The molecule has 1 unspecified atom stereocenters. The average molecular weight is 436 g/mol. The standard InChI is InChI=1S/C16H15Br2ClFN/c1-2-8-21-16(10-4-3-5-11(17)9-10)12-6-7-13(18)14(19)15(12)20/h3-7,9,16,21H,2,8H2,1H3. The highest BCUT2D eigenvalue weighted by molar-refractivity contribution is 9.10. The first-order valence-corrected chi connectivity index (χ1v) is 8.63. The van der Waals surface area contributed by atoms with E-state index in [-0.39, 0.29) is 16.9 Å². The van der Waals surface area contributed by atoms with Gasteiger partial charge in [-0.25, -0.2) is 4.39 Å². The second kappa shape index (κ2) is 7.73. The molecule has 0 heterocycles. The van der Waals surface area contributed by atoms with Crippen molar-refractivity contribution in [3.05, 3.63) is 67.3 Å². The molecule has 1 N–H and O–H groups in total. The van der Waals surface area contributed by atoms with Crippen molar-refractivity contribution in [3.63, 3.8) is 0 Å². The van der Waals surface area contributed by atoms with Crippen LogP contribution in [0.3, 0.4) is 0 Å². The quantitative estimate of drug-likeness (QED) is 0.560. The second-order valence-electron chi connectivity index (χ2n) is 4.71. The molecule has 0 aromatic heterocycles. The van der Waals surface area contributed by atoms with E-state index in [1.807, 2.05) is 24.3 Å². The van der Waals surface area contributed by atoms with Gasteiger partial charge in [-0.1, -0.05) is 52.7 Å². The SMILES string of the molecule is CCCNC(c1cccc(Br)c1)c1ccc(Br)c(Cl)c1F. The Morgan fingerprint density at radius 1 is 1.24 bits per heavy atom. The third-order valence-electron chi connectivity index (χ3n) is 3.16. The first-order chi connectivity index (χ1) is 10.0. The van der Waals surface area contributed by atoms with E-state index in [1.165, 1.54) is 0 Å². The summed E-state index contributed by atoms with van der Waals surface area (Å²) in [6.07, 6.45) is 0.969. The van der Waals surface area contributed by atoms with Crippen molar-refractivity contribution >= 4 is 43.5 Å². The molecule has 0 bridgehead atoms. The molecule has 2 aromatic rings. The lowest BCUT2D eigenvalue weighted by Gasteiger charge is -2.21. The summed E-state index contributed by atoms with van der Waals surface area (Å²) in [4.78, 5) is 0. The van der Waals surface area contributed by atoms with Gasteiger partial charge in [-0.15, -0.1) is 0 Å². The van der Waals surface area contributed by atoms with Gasteiger partial charge < -0.3 is 5.32 Å². The monoisotopic (exact) mass is 433 g/mol. The highest BCUT2D eigenvalue weighted by Gasteiger charge is 2.20. The Morgan fingerprint density at radius 3 is 2.67 bits per heavy atom. The van der Waals surface area contributed by atoms with Gasteiger partial charge in [0.1, 0.15) is 5.82 Å². The molecule has 0 spiro atoms. The maximum Gasteiger partial charge on any atom is 0.148 e. The molecule has 0 aliphatic carbocycles. The lowest BCUT2D eigenvalue weighted by atomic mass is 9.98. The Labute approximate surface area is 146 Å². The highest BCUT2D eigenvalue weighted by Crippen LogP contribution is 2.33. The van der Waals surface area contributed by atoms with Crippen LogP contribution in [0.5, 0.6) is 0 Å². The van der Waals surface area contributed by atoms with Gasteiger partial charge >= 0.3 is 0 Å². The van der Waals surface area contributed by atoms with Gasteiger partial charge in [0.2, 0.25) is 0 Å². The minimum atomic E-state index is -0.389. The molecule has 0 aliphatic heterocycles. The Balaban J connectivity index is 2.48. The second-order valence-corrected chi connectivity index (χ2v) is 6.85. The Morgan fingerprint density at radius 2 is 2.00 bits per heavy atom. The van der Waals surface area contributed by atoms with E-state index in [2.05, 4.69) is 44.1 Å². The minimum absolute atomic E-state index is 0.116. The zero-order chi connectivity index (χ0) is 15.4. The van der Waals surface area contributed by atoms with E-state index in [4.69, 9.17) is 11.6 Å². The predicted octanol–water partition coefficient (Wildman–Crippen LogP) is 6.09. The molecule has 0 fully saturated rings. The van der Waals surface area contributed by atoms with Gasteiger partial charge in [0.05, 0.1) is 11.1 Å². The molecule has 0 radical (unpaired) electrons. The van der Waals surface area contributed by atoms with Crippen LogP contribution in [-0.2, 0) is 0 Å². The third kappa shape index (κ3) is 4.07. The van der Waals surface area contributed by atoms with Crippen LogP contribution in [0, 0.1) is 5.82 Å². The topological polar surface area (TPSA) is 12.0 Å². The molecule has 0 saturated heterocycles. The summed E-state index contributed by atoms with van der Waals surface area (Å²) >= 11 is 12.7. The van der Waals surface area contributed by atoms with Gasteiger partial charge in [-0.05, 0) is 52.7 Å². The van der Waals surface area contributed by atoms with Crippen LogP contribution in [0.1, 0.15) is 30.5 Å². The van der Waals surface area contributed by atoms with Crippen LogP contribution in [0.25, 0.3) is 0 Å². The van der Waals surface area contributed by atoms with Crippen molar-refractivity contribution in [2.24, 2.45) is 0 Å².